The molecule has 1 atom stereocenters. The fourth-order valence-corrected chi connectivity index (χ4v) is 3.51. The van der Waals surface area contributed by atoms with Crippen molar-refractivity contribution in [3.05, 3.63) is 29.8 Å². The molecule has 0 saturated carbocycles. The van der Waals surface area contributed by atoms with Gasteiger partial charge >= 0.3 is 0 Å². The first kappa shape index (κ1) is 17.1. The SMILES string of the molecule is CCCC(C)N(C)S(=O)(=O)c1ccc(CCCO)cc1. The predicted octanol–water partition coefficient (Wildman–Crippen LogP) is 2.42. The highest BCUT2D eigenvalue weighted by Crippen LogP contribution is 2.19. The Morgan fingerprint density at radius 3 is 2.35 bits per heavy atom. The highest BCUT2D eigenvalue weighted by molar-refractivity contribution is 7.89. The van der Waals surface area contributed by atoms with E-state index >= 15 is 0 Å². The van der Waals surface area contributed by atoms with Crippen molar-refractivity contribution < 1.29 is 13.5 Å². The molecular formula is C15H25NO3S. The number of aryl methyl sites for hydroxylation is 1. The monoisotopic (exact) mass is 299 g/mol. The van der Waals surface area contributed by atoms with Crippen LogP contribution >= 0.6 is 0 Å². The molecule has 0 saturated heterocycles. The standard InChI is InChI=1S/C15H25NO3S/c1-4-6-13(2)16(3)20(18,19)15-10-8-14(9-11-15)7-5-12-17/h8-11,13,17H,4-7,12H2,1-3H3. The van der Waals surface area contributed by atoms with Crippen LogP contribution in [0.15, 0.2) is 29.2 Å². The van der Waals surface area contributed by atoms with Crippen LogP contribution in [0, 0.1) is 0 Å². The van der Waals surface area contributed by atoms with Crippen LogP contribution in [0.4, 0.5) is 0 Å². The van der Waals surface area contributed by atoms with Gasteiger partial charge in [0.1, 0.15) is 0 Å². The average molecular weight is 299 g/mol. The van der Waals surface area contributed by atoms with Crippen LogP contribution in [-0.2, 0) is 16.4 Å². The quantitative estimate of drug-likeness (QED) is 0.802. The summed E-state index contributed by atoms with van der Waals surface area (Å²) in [5.74, 6) is 0. The predicted molar refractivity (Wildman–Crippen MR) is 81.2 cm³/mol. The molecule has 114 valence electrons. The van der Waals surface area contributed by atoms with Crippen LogP contribution in [-0.4, -0.2) is 37.5 Å². The lowest BCUT2D eigenvalue weighted by Crippen LogP contribution is -2.34. The summed E-state index contributed by atoms with van der Waals surface area (Å²) in [5, 5.41) is 8.79. The van der Waals surface area contributed by atoms with Crippen molar-refractivity contribution >= 4 is 10.0 Å². The van der Waals surface area contributed by atoms with E-state index in [1.807, 2.05) is 26.0 Å². The first-order chi connectivity index (χ1) is 9.43. The van der Waals surface area contributed by atoms with Gasteiger partial charge in [0, 0.05) is 19.7 Å². The zero-order valence-corrected chi connectivity index (χ0v) is 13.4. The van der Waals surface area contributed by atoms with Gasteiger partial charge in [0.05, 0.1) is 4.90 Å². The minimum atomic E-state index is -3.41. The first-order valence-corrected chi connectivity index (χ1v) is 8.55. The van der Waals surface area contributed by atoms with Gasteiger partial charge in [-0.1, -0.05) is 25.5 Å². The molecule has 0 radical (unpaired) electrons. The zero-order chi connectivity index (χ0) is 15.2. The summed E-state index contributed by atoms with van der Waals surface area (Å²) in [6, 6.07) is 6.94. The Balaban J connectivity index is 2.87. The van der Waals surface area contributed by atoms with Gasteiger partial charge in [-0.15, -0.1) is 0 Å². The number of nitrogens with zero attached hydrogens (tertiary/aromatic N) is 1. The number of sulfonamides is 1. The maximum atomic E-state index is 12.5. The highest BCUT2D eigenvalue weighted by Gasteiger charge is 2.24. The average Bonchev–Trinajstić information content (AvgIpc) is 2.45. The Kier molecular flexibility index (Phi) is 6.65. The molecule has 0 aliphatic heterocycles. The highest BCUT2D eigenvalue weighted by atomic mass is 32.2. The number of hydrogen-bond donors (Lipinski definition) is 1. The van der Waals surface area contributed by atoms with E-state index in [0.29, 0.717) is 11.3 Å². The number of rotatable bonds is 8. The molecule has 1 aromatic carbocycles. The van der Waals surface area contributed by atoms with Gasteiger partial charge in [0.15, 0.2) is 0 Å². The Labute approximate surface area is 122 Å². The second kappa shape index (κ2) is 7.76. The molecule has 0 aliphatic rings. The molecule has 5 heteroatoms. The number of aliphatic hydroxyl groups is 1. The molecule has 0 spiro atoms. The zero-order valence-electron chi connectivity index (χ0n) is 12.5. The normalized spacial score (nSPS) is 13.7. The minimum Gasteiger partial charge on any atom is -0.396 e. The number of aliphatic hydroxyl groups excluding tert-OH is 1. The van der Waals surface area contributed by atoms with Crippen LogP contribution in [0.1, 0.15) is 38.7 Å². The van der Waals surface area contributed by atoms with E-state index in [1.54, 1.807) is 19.2 Å². The van der Waals surface area contributed by atoms with E-state index in [1.165, 1.54) is 4.31 Å². The van der Waals surface area contributed by atoms with Gasteiger partial charge in [-0.3, -0.25) is 0 Å². The van der Waals surface area contributed by atoms with E-state index in [-0.39, 0.29) is 12.6 Å². The van der Waals surface area contributed by atoms with Gasteiger partial charge in [0.2, 0.25) is 10.0 Å². The third-order valence-electron chi connectivity index (χ3n) is 3.55. The largest absolute Gasteiger partial charge is 0.396 e. The molecule has 0 aromatic heterocycles. The van der Waals surface area contributed by atoms with E-state index in [4.69, 9.17) is 5.11 Å². The molecule has 1 aromatic rings. The number of hydrogen-bond acceptors (Lipinski definition) is 3. The van der Waals surface area contributed by atoms with Gasteiger partial charge in [-0.05, 0) is 43.9 Å². The molecule has 4 nitrogen and oxygen atoms in total. The molecule has 1 rings (SSSR count). The van der Waals surface area contributed by atoms with Crippen molar-refractivity contribution in [2.75, 3.05) is 13.7 Å². The summed E-state index contributed by atoms with van der Waals surface area (Å²) in [6.07, 6.45) is 3.27. The summed E-state index contributed by atoms with van der Waals surface area (Å²) >= 11 is 0. The molecule has 1 N–H and O–H groups in total. The van der Waals surface area contributed by atoms with E-state index in [9.17, 15) is 8.42 Å². The summed E-state index contributed by atoms with van der Waals surface area (Å²) in [4.78, 5) is 0.329. The lowest BCUT2D eigenvalue weighted by Gasteiger charge is -2.24. The van der Waals surface area contributed by atoms with Crippen LogP contribution in [0.25, 0.3) is 0 Å². The van der Waals surface area contributed by atoms with Gasteiger partial charge in [-0.2, -0.15) is 4.31 Å². The molecule has 20 heavy (non-hydrogen) atoms. The van der Waals surface area contributed by atoms with Crippen molar-refractivity contribution in [3.63, 3.8) is 0 Å². The van der Waals surface area contributed by atoms with Crippen molar-refractivity contribution in [1.82, 2.24) is 4.31 Å². The van der Waals surface area contributed by atoms with Crippen LogP contribution in [0.2, 0.25) is 0 Å². The van der Waals surface area contributed by atoms with E-state index in [0.717, 1.165) is 24.8 Å². The Bertz CT molecular complexity index is 496. The van der Waals surface area contributed by atoms with Crippen LogP contribution < -0.4 is 0 Å². The molecule has 1 unspecified atom stereocenters. The third-order valence-corrected chi connectivity index (χ3v) is 5.54. The maximum Gasteiger partial charge on any atom is 0.243 e. The van der Waals surface area contributed by atoms with Gasteiger partial charge in [-0.25, -0.2) is 8.42 Å². The maximum absolute atomic E-state index is 12.5. The summed E-state index contributed by atoms with van der Waals surface area (Å²) in [5.41, 5.74) is 1.04. The molecule has 0 aliphatic carbocycles. The lowest BCUT2D eigenvalue weighted by molar-refractivity contribution is 0.288. The van der Waals surface area contributed by atoms with Crippen molar-refractivity contribution in [1.29, 1.82) is 0 Å². The second-order valence-electron chi connectivity index (χ2n) is 5.13. The molecular weight excluding hydrogens is 274 g/mol. The van der Waals surface area contributed by atoms with Crippen molar-refractivity contribution in [2.45, 2.75) is 50.5 Å². The Morgan fingerprint density at radius 1 is 1.25 bits per heavy atom. The number of benzene rings is 1. The second-order valence-corrected chi connectivity index (χ2v) is 7.13. The van der Waals surface area contributed by atoms with Crippen LogP contribution in [0.5, 0.6) is 0 Å². The fraction of sp³-hybridized carbons (Fsp3) is 0.600. The first-order valence-electron chi connectivity index (χ1n) is 7.11. The Morgan fingerprint density at radius 2 is 1.85 bits per heavy atom. The summed E-state index contributed by atoms with van der Waals surface area (Å²) in [7, 11) is -1.78. The third kappa shape index (κ3) is 4.30. The molecule has 0 fully saturated rings. The van der Waals surface area contributed by atoms with Gasteiger partial charge in [0.25, 0.3) is 0 Å². The molecule has 0 bridgehead atoms. The smallest absolute Gasteiger partial charge is 0.243 e. The molecule has 0 heterocycles. The van der Waals surface area contributed by atoms with E-state index < -0.39 is 10.0 Å². The minimum absolute atomic E-state index is 0.000865. The fourth-order valence-electron chi connectivity index (χ4n) is 2.11. The van der Waals surface area contributed by atoms with Crippen molar-refractivity contribution in [3.8, 4) is 0 Å². The lowest BCUT2D eigenvalue weighted by atomic mass is 10.1. The van der Waals surface area contributed by atoms with Crippen LogP contribution in [0.3, 0.4) is 0 Å². The molecule has 0 amide bonds. The topological polar surface area (TPSA) is 57.6 Å². The Hall–Kier alpha value is -0.910. The van der Waals surface area contributed by atoms with Gasteiger partial charge < -0.3 is 5.11 Å². The van der Waals surface area contributed by atoms with E-state index in [2.05, 4.69) is 0 Å². The van der Waals surface area contributed by atoms with Crippen molar-refractivity contribution in [2.24, 2.45) is 0 Å². The summed E-state index contributed by atoms with van der Waals surface area (Å²) in [6.45, 7) is 4.13. The summed E-state index contributed by atoms with van der Waals surface area (Å²) < 4.78 is 26.4.